The Morgan fingerprint density at radius 1 is 1.54 bits per heavy atom. The quantitative estimate of drug-likeness (QED) is 0.671. The van der Waals surface area contributed by atoms with Crippen LogP contribution in [-0.4, -0.2) is 47.8 Å². The minimum Gasteiger partial charge on any atom is -0.395 e. The smallest absolute Gasteiger partial charge is 0.0597 e. The van der Waals surface area contributed by atoms with E-state index in [2.05, 4.69) is 31.0 Å². The van der Waals surface area contributed by atoms with Crippen LogP contribution >= 0.6 is 0 Å². The lowest BCUT2D eigenvalue weighted by atomic mass is 9.97. The third-order valence-electron chi connectivity index (χ3n) is 2.83. The Bertz CT molecular complexity index is 159. The van der Waals surface area contributed by atoms with Crippen molar-refractivity contribution in [2.45, 2.75) is 38.8 Å². The molecule has 0 aromatic heterocycles. The van der Waals surface area contributed by atoms with Gasteiger partial charge in [0.2, 0.25) is 0 Å². The molecule has 1 heterocycles. The molecule has 13 heavy (non-hydrogen) atoms. The van der Waals surface area contributed by atoms with E-state index >= 15 is 0 Å². The monoisotopic (exact) mass is 186 g/mol. The molecule has 0 spiro atoms. The first kappa shape index (κ1) is 11.0. The maximum Gasteiger partial charge on any atom is 0.0597 e. The fourth-order valence-electron chi connectivity index (χ4n) is 1.87. The summed E-state index contributed by atoms with van der Waals surface area (Å²) in [6.45, 7) is 10.0. The summed E-state index contributed by atoms with van der Waals surface area (Å²) in [5.74, 6) is 0. The lowest BCUT2D eigenvalue weighted by molar-refractivity contribution is 0.0493. The molecule has 0 saturated carbocycles. The van der Waals surface area contributed by atoms with Gasteiger partial charge in [0.1, 0.15) is 0 Å². The molecule has 1 rings (SSSR count). The second-order valence-electron chi connectivity index (χ2n) is 4.52. The zero-order valence-corrected chi connectivity index (χ0v) is 9.01. The minimum atomic E-state index is 0.238. The van der Waals surface area contributed by atoms with E-state index in [4.69, 9.17) is 5.11 Å². The summed E-state index contributed by atoms with van der Waals surface area (Å²) in [6, 6.07) is 0.263. The molecule has 1 atom stereocenters. The highest BCUT2D eigenvalue weighted by Crippen LogP contribution is 2.18. The van der Waals surface area contributed by atoms with Crippen LogP contribution in [0, 0.1) is 0 Å². The van der Waals surface area contributed by atoms with Crippen LogP contribution in [0.5, 0.6) is 0 Å². The van der Waals surface area contributed by atoms with Crippen LogP contribution in [0.1, 0.15) is 27.2 Å². The standard InChI is InChI=1S/C10H22N2O/c1-4-5-12-6-9(7-13)11-8-10(12,2)3/h9,11,13H,4-8H2,1-3H3. The molecule has 2 N–H and O–H groups in total. The first-order valence-electron chi connectivity index (χ1n) is 5.19. The molecule has 1 unspecified atom stereocenters. The van der Waals surface area contributed by atoms with Gasteiger partial charge < -0.3 is 10.4 Å². The van der Waals surface area contributed by atoms with Gasteiger partial charge in [-0.2, -0.15) is 0 Å². The van der Waals surface area contributed by atoms with Crippen molar-refractivity contribution in [1.29, 1.82) is 0 Å². The van der Waals surface area contributed by atoms with E-state index in [1.54, 1.807) is 0 Å². The van der Waals surface area contributed by atoms with Gasteiger partial charge >= 0.3 is 0 Å². The van der Waals surface area contributed by atoms with Crippen LogP contribution in [0.3, 0.4) is 0 Å². The molecule has 1 aliphatic heterocycles. The topological polar surface area (TPSA) is 35.5 Å². The predicted octanol–water partition coefficient (Wildman–Crippen LogP) is 0.441. The Hall–Kier alpha value is -0.120. The van der Waals surface area contributed by atoms with Crippen molar-refractivity contribution in [3.8, 4) is 0 Å². The fraction of sp³-hybridized carbons (Fsp3) is 1.00. The Balaban J connectivity index is 2.52. The Labute approximate surface area is 81.1 Å². The molecule has 0 amide bonds. The van der Waals surface area contributed by atoms with Crippen molar-refractivity contribution in [3.63, 3.8) is 0 Å². The average Bonchev–Trinajstić information content (AvgIpc) is 2.09. The number of piperazine rings is 1. The highest BCUT2D eigenvalue weighted by molar-refractivity contribution is 4.92. The third kappa shape index (κ3) is 2.66. The molecular formula is C10H22N2O. The number of aliphatic hydroxyl groups is 1. The van der Waals surface area contributed by atoms with Crippen LogP contribution in [-0.2, 0) is 0 Å². The lowest BCUT2D eigenvalue weighted by Crippen LogP contribution is -2.62. The lowest BCUT2D eigenvalue weighted by Gasteiger charge is -2.45. The molecule has 3 nitrogen and oxygen atoms in total. The predicted molar refractivity (Wildman–Crippen MR) is 54.8 cm³/mol. The van der Waals surface area contributed by atoms with Crippen molar-refractivity contribution < 1.29 is 5.11 Å². The van der Waals surface area contributed by atoms with Gasteiger partial charge in [-0.3, -0.25) is 4.90 Å². The zero-order chi connectivity index (χ0) is 9.90. The first-order valence-corrected chi connectivity index (χ1v) is 5.19. The van der Waals surface area contributed by atoms with Crippen molar-refractivity contribution in [3.05, 3.63) is 0 Å². The molecular weight excluding hydrogens is 164 g/mol. The summed E-state index contributed by atoms with van der Waals surface area (Å²) in [4.78, 5) is 2.46. The van der Waals surface area contributed by atoms with Gasteiger partial charge in [-0.15, -0.1) is 0 Å². The SMILES string of the molecule is CCCN1CC(CO)NCC1(C)C. The maximum absolute atomic E-state index is 9.06. The van der Waals surface area contributed by atoms with E-state index in [9.17, 15) is 0 Å². The summed E-state index contributed by atoms with van der Waals surface area (Å²) < 4.78 is 0. The average molecular weight is 186 g/mol. The van der Waals surface area contributed by atoms with E-state index in [0.29, 0.717) is 0 Å². The van der Waals surface area contributed by atoms with Crippen molar-refractivity contribution >= 4 is 0 Å². The van der Waals surface area contributed by atoms with Gasteiger partial charge in [-0.25, -0.2) is 0 Å². The van der Waals surface area contributed by atoms with Gasteiger partial charge in [-0.1, -0.05) is 6.92 Å². The molecule has 78 valence electrons. The molecule has 1 fully saturated rings. The van der Waals surface area contributed by atoms with Gasteiger partial charge in [0.05, 0.1) is 6.61 Å². The van der Waals surface area contributed by atoms with Crippen molar-refractivity contribution in [2.24, 2.45) is 0 Å². The number of nitrogens with one attached hydrogen (secondary N) is 1. The Morgan fingerprint density at radius 3 is 2.77 bits per heavy atom. The molecule has 0 aliphatic carbocycles. The third-order valence-corrected chi connectivity index (χ3v) is 2.83. The molecule has 1 saturated heterocycles. The van der Waals surface area contributed by atoms with Crippen LogP contribution in [0.25, 0.3) is 0 Å². The van der Waals surface area contributed by atoms with E-state index in [-0.39, 0.29) is 18.2 Å². The van der Waals surface area contributed by atoms with E-state index in [1.165, 1.54) is 6.42 Å². The molecule has 3 heteroatoms. The molecule has 0 aromatic rings. The van der Waals surface area contributed by atoms with Crippen LogP contribution in [0.4, 0.5) is 0 Å². The summed E-state index contributed by atoms with van der Waals surface area (Å²) in [6.07, 6.45) is 1.18. The Kier molecular flexibility index (Phi) is 3.71. The van der Waals surface area contributed by atoms with Crippen molar-refractivity contribution in [2.75, 3.05) is 26.2 Å². The number of aliphatic hydroxyl groups excluding tert-OH is 1. The zero-order valence-electron chi connectivity index (χ0n) is 9.01. The minimum absolute atomic E-state index is 0.238. The molecule has 0 aromatic carbocycles. The normalized spacial score (nSPS) is 29.1. The number of nitrogens with zero attached hydrogens (tertiary/aromatic N) is 1. The van der Waals surface area contributed by atoms with E-state index < -0.39 is 0 Å². The van der Waals surface area contributed by atoms with Gasteiger partial charge in [0.25, 0.3) is 0 Å². The van der Waals surface area contributed by atoms with E-state index in [0.717, 1.165) is 19.6 Å². The molecule has 0 bridgehead atoms. The summed E-state index contributed by atoms with van der Waals surface area (Å²) in [5, 5.41) is 12.4. The van der Waals surface area contributed by atoms with Crippen LogP contribution in [0.2, 0.25) is 0 Å². The summed E-state index contributed by atoms with van der Waals surface area (Å²) in [7, 11) is 0. The highest BCUT2D eigenvalue weighted by atomic mass is 16.3. The van der Waals surface area contributed by atoms with Crippen LogP contribution < -0.4 is 5.32 Å². The van der Waals surface area contributed by atoms with Gasteiger partial charge in [-0.05, 0) is 26.8 Å². The van der Waals surface area contributed by atoms with Crippen molar-refractivity contribution in [1.82, 2.24) is 10.2 Å². The van der Waals surface area contributed by atoms with Crippen LogP contribution in [0.15, 0.2) is 0 Å². The summed E-state index contributed by atoms with van der Waals surface area (Å²) in [5.41, 5.74) is 0.238. The molecule has 0 radical (unpaired) electrons. The number of hydrogen-bond acceptors (Lipinski definition) is 3. The number of rotatable bonds is 3. The van der Waals surface area contributed by atoms with Gasteiger partial charge in [0, 0.05) is 24.7 Å². The van der Waals surface area contributed by atoms with Gasteiger partial charge in [0.15, 0.2) is 0 Å². The highest BCUT2D eigenvalue weighted by Gasteiger charge is 2.32. The van der Waals surface area contributed by atoms with E-state index in [1.807, 2.05) is 0 Å². The fourth-order valence-corrected chi connectivity index (χ4v) is 1.87. The number of hydrogen-bond donors (Lipinski definition) is 2. The largest absolute Gasteiger partial charge is 0.395 e. The Morgan fingerprint density at radius 2 is 2.23 bits per heavy atom. The first-order chi connectivity index (χ1) is 6.10. The maximum atomic E-state index is 9.06. The second-order valence-corrected chi connectivity index (χ2v) is 4.52. The second kappa shape index (κ2) is 4.40. The molecule has 1 aliphatic rings. The summed E-state index contributed by atoms with van der Waals surface area (Å²) >= 11 is 0.